The van der Waals surface area contributed by atoms with E-state index >= 15 is 0 Å². The van der Waals surface area contributed by atoms with Gasteiger partial charge in [-0.1, -0.05) is 31.6 Å². The Bertz CT molecular complexity index is 1220. The first-order valence-corrected chi connectivity index (χ1v) is 14.5. The molecule has 8 heteroatoms. The Kier molecular flexibility index (Phi) is 8.63. The summed E-state index contributed by atoms with van der Waals surface area (Å²) >= 11 is 0. The van der Waals surface area contributed by atoms with Gasteiger partial charge in [0.15, 0.2) is 0 Å². The standard InChI is InChI=1S/C31H42N6O2/c1-5-6-10-26-16-27(23-8-7-9-24(15-23)30(38)32-25-13-14-25)33-31(37(26)18-21(4)19-39-20(2)3)34-29-17-28(35-36-29)22-11-12-22/h7-10,15-16,18,20,22,25,28,35H,5-6,11-14,17,19H2,1-4H3,(H,32,38)(H,33,34,36)/b21-18+,26-10+. The van der Waals surface area contributed by atoms with Gasteiger partial charge >= 0.3 is 0 Å². The average molecular weight is 531 g/mol. The van der Waals surface area contributed by atoms with Gasteiger partial charge in [-0.3, -0.25) is 9.69 Å². The summed E-state index contributed by atoms with van der Waals surface area (Å²) in [7, 11) is 0. The molecule has 8 nitrogen and oxygen atoms in total. The fourth-order valence-electron chi connectivity index (χ4n) is 4.66. The van der Waals surface area contributed by atoms with Crippen LogP contribution in [0.3, 0.4) is 0 Å². The molecule has 0 spiro atoms. The van der Waals surface area contributed by atoms with Crippen LogP contribution in [-0.4, -0.2) is 47.4 Å². The third-order valence-corrected chi connectivity index (χ3v) is 7.21. The highest BCUT2D eigenvalue weighted by atomic mass is 16.5. The van der Waals surface area contributed by atoms with Crippen molar-refractivity contribution in [3.63, 3.8) is 0 Å². The lowest BCUT2D eigenvalue weighted by Crippen LogP contribution is -2.34. The van der Waals surface area contributed by atoms with Gasteiger partial charge in [0, 0.05) is 41.5 Å². The molecular weight excluding hydrogens is 488 g/mol. The maximum absolute atomic E-state index is 12.8. The highest BCUT2D eigenvalue weighted by Gasteiger charge is 2.35. The van der Waals surface area contributed by atoms with Gasteiger partial charge in [-0.25, -0.2) is 10.4 Å². The highest BCUT2D eigenvalue weighted by molar-refractivity contribution is 6.02. The fourth-order valence-corrected chi connectivity index (χ4v) is 4.66. The molecule has 208 valence electrons. The third kappa shape index (κ3) is 7.46. The van der Waals surface area contributed by atoms with Crippen molar-refractivity contribution in [1.82, 2.24) is 21.1 Å². The molecule has 4 aliphatic rings. The number of unbranched alkanes of at least 4 members (excludes halogenated alkanes) is 1. The van der Waals surface area contributed by atoms with Crippen LogP contribution in [0.1, 0.15) is 88.6 Å². The number of nitrogens with zero attached hydrogens (tertiary/aromatic N) is 3. The summed E-state index contributed by atoms with van der Waals surface area (Å²) in [5, 5.41) is 3.09. The number of ether oxygens (including phenoxy) is 1. The molecule has 1 amide bonds. The molecule has 1 saturated heterocycles. The smallest absolute Gasteiger partial charge is 0.251 e. The molecule has 3 fully saturated rings. The molecule has 2 aliphatic carbocycles. The number of hydrogen-bond donors (Lipinski definition) is 3. The molecule has 1 unspecified atom stereocenters. The first-order chi connectivity index (χ1) is 18.9. The topological polar surface area (TPSA) is 90.3 Å². The van der Waals surface area contributed by atoms with Crippen molar-refractivity contribution in [3.8, 4) is 0 Å². The van der Waals surface area contributed by atoms with Crippen LogP contribution in [0, 0.1) is 5.92 Å². The summed E-state index contributed by atoms with van der Waals surface area (Å²) in [6.07, 6.45) is 14.1. The van der Waals surface area contributed by atoms with Crippen LogP contribution in [0.5, 0.6) is 0 Å². The van der Waals surface area contributed by atoms with Gasteiger partial charge in [0.05, 0.1) is 18.4 Å². The van der Waals surface area contributed by atoms with E-state index in [1.807, 2.05) is 38.1 Å². The molecule has 2 heterocycles. The van der Waals surface area contributed by atoms with Gasteiger partial charge in [-0.05, 0) is 82.6 Å². The van der Waals surface area contributed by atoms with Crippen LogP contribution < -0.4 is 16.2 Å². The zero-order valence-electron chi connectivity index (χ0n) is 23.7. The Morgan fingerprint density at radius 2 is 2.10 bits per heavy atom. The van der Waals surface area contributed by atoms with E-state index in [9.17, 15) is 4.79 Å². The van der Waals surface area contributed by atoms with Crippen molar-refractivity contribution in [2.24, 2.45) is 15.9 Å². The molecule has 1 atom stereocenters. The van der Waals surface area contributed by atoms with E-state index in [-0.39, 0.29) is 12.0 Å². The molecule has 0 bridgehead atoms. The minimum absolute atomic E-state index is 0.0281. The second kappa shape index (κ2) is 12.3. The number of carbonyl (C=O) groups excluding carboxylic acids is 1. The first-order valence-electron chi connectivity index (χ1n) is 14.5. The minimum Gasteiger partial charge on any atom is -0.374 e. The quantitative estimate of drug-likeness (QED) is 0.383. The summed E-state index contributed by atoms with van der Waals surface area (Å²) in [4.78, 5) is 24.9. The second-order valence-corrected chi connectivity index (χ2v) is 11.4. The number of hydrazine groups is 1. The van der Waals surface area contributed by atoms with Crippen molar-refractivity contribution in [2.45, 2.75) is 90.8 Å². The summed E-state index contributed by atoms with van der Waals surface area (Å²) in [6, 6.07) is 8.47. The van der Waals surface area contributed by atoms with Crippen LogP contribution in [-0.2, 0) is 4.74 Å². The van der Waals surface area contributed by atoms with Crippen molar-refractivity contribution in [1.29, 1.82) is 0 Å². The van der Waals surface area contributed by atoms with Gasteiger partial charge in [0.2, 0.25) is 5.96 Å². The van der Waals surface area contributed by atoms with E-state index in [1.54, 1.807) is 0 Å². The molecule has 2 aliphatic heterocycles. The van der Waals surface area contributed by atoms with E-state index in [4.69, 9.17) is 14.7 Å². The number of guanidine groups is 1. The van der Waals surface area contributed by atoms with Gasteiger partial charge in [0.25, 0.3) is 5.91 Å². The largest absolute Gasteiger partial charge is 0.374 e. The van der Waals surface area contributed by atoms with Crippen LogP contribution in [0.25, 0.3) is 5.70 Å². The fraction of sp³-hybridized carbons (Fsp3) is 0.516. The molecule has 39 heavy (non-hydrogen) atoms. The third-order valence-electron chi connectivity index (χ3n) is 7.21. The van der Waals surface area contributed by atoms with E-state index in [0.29, 0.717) is 30.2 Å². The van der Waals surface area contributed by atoms with Gasteiger partial charge in [-0.2, -0.15) is 4.99 Å². The second-order valence-electron chi connectivity index (χ2n) is 11.4. The number of nitrogens with one attached hydrogen (secondary N) is 3. The number of amidine groups is 1. The lowest BCUT2D eigenvalue weighted by Gasteiger charge is -2.27. The van der Waals surface area contributed by atoms with Crippen LogP contribution in [0.15, 0.2) is 63.9 Å². The zero-order valence-corrected chi connectivity index (χ0v) is 23.7. The number of benzene rings is 1. The van der Waals surface area contributed by atoms with Crippen molar-refractivity contribution >= 4 is 23.4 Å². The SMILES string of the molecule is CCC/C=C1\C=C(c2cccc(C(=O)NC3CC3)c2)N=C(/N=C2\CC(C3CC3)NN2)N1/C=C(\C)COC(C)C. The summed E-state index contributed by atoms with van der Waals surface area (Å²) in [6.45, 7) is 8.88. The van der Waals surface area contributed by atoms with Crippen LogP contribution in [0.4, 0.5) is 0 Å². The van der Waals surface area contributed by atoms with Gasteiger partial charge < -0.3 is 15.5 Å². The van der Waals surface area contributed by atoms with Crippen molar-refractivity contribution < 1.29 is 9.53 Å². The summed E-state index contributed by atoms with van der Waals surface area (Å²) in [5.41, 5.74) is 11.2. The first kappa shape index (κ1) is 27.3. The lowest BCUT2D eigenvalue weighted by molar-refractivity contribution is 0.0950. The Hall–Kier alpha value is -3.23. The molecule has 1 aromatic carbocycles. The molecule has 2 saturated carbocycles. The molecule has 1 aromatic rings. The van der Waals surface area contributed by atoms with E-state index in [1.165, 1.54) is 12.8 Å². The highest BCUT2D eigenvalue weighted by Crippen LogP contribution is 2.35. The summed E-state index contributed by atoms with van der Waals surface area (Å²) in [5.74, 6) is 2.20. The van der Waals surface area contributed by atoms with E-state index < -0.39 is 0 Å². The molecule has 5 rings (SSSR count). The van der Waals surface area contributed by atoms with Gasteiger partial charge in [0.1, 0.15) is 5.84 Å². The average Bonchev–Trinajstić information content (AvgIpc) is 3.87. The van der Waals surface area contributed by atoms with Crippen molar-refractivity contribution in [2.75, 3.05) is 6.61 Å². The minimum atomic E-state index is -0.0281. The Balaban J connectivity index is 1.49. The van der Waals surface area contributed by atoms with E-state index in [2.05, 4.69) is 53.3 Å². The summed E-state index contributed by atoms with van der Waals surface area (Å²) < 4.78 is 5.87. The lowest BCUT2D eigenvalue weighted by atomic mass is 10.1. The predicted octanol–water partition coefficient (Wildman–Crippen LogP) is 5.28. The van der Waals surface area contributed by atoms with Crippen molar-refractivity contribution in [3.05, 3.63) is 65.0 Å². The van der Waals surface area contributed by atoms with E-state index in [0.717, 1.165) is 66.4 Å². The predicted molar refractivity (Wildman–Crippen MR) is 157 cm³/mol. The Labute approximate surface area is 232 Å². The van der Waals surface area contributed by atoms with Gasteiger partial charge in [-0.15, -0.1) is 0 Å². The number of allylic oxidation sites excluding steroid dienone is 2. The molecule has 0 aromatic heterocycles. The van der Waals surface area contributed by atoms with Crippen LogP contribution >= 0.6 is 0 Å². The number of amides is 1. The molecule has 3 N–H and O–H groups in total. The number of carbonyl (C=O) groups is 1. The zero-order chi connectivity index (χ0) is 27.4. The monoisotopic (exact) mass is 530 g/mol. The number of aliphatic imine (C=N–C) groups is 2. The molecular formula is C31H42N6O2. The maximum atomic E-state index is 12.8. The molecule has 0 radical (unpaired) electrons. The van der Waals surface area contributed by atoms with Crippen LogP contribution in [0.2, 0.25) is 0 Å². The number of rotatable bonds is 10. The normalized spacial score (nSPS) is 23.8. The maximum Gasteiger partial charge on any atom is 0.251 e. The number of hydrogen-bond acceptors (Lipinski definition) is 6. The Morgan fingerprint density at radius 1 is 1.28 bits per heavy atom. The Morgan fingerprint density at radius 3 is 2.82 bits per heavy atom.